The summed E-state index contributed by atoms with van der Waals surface area (Å²) in [6, 6.07) is 1.53. The molecule has 0 bridgehead atoms. The maximum Gasteiger partial charge on any atom is 0.246 e. The van der Waals surface area contributed by atoms with Crippen molar-refractivity contribution in [1.29, 1.82) is 0 Å². The van der Waals surface area contributed by atoms with E-state index >= 15 is 0 Å². The molecule has 2 atom stereocenters. The van der Waals surface area contributed by atoms with Gasteiger partial charge in [-0.2, -0.15) is 4.31 Å². The van der Waals surface area contributed by atoms with E-state index in [-0.39, 0.29) is 18.6 Å². The van der Waals surface area contributed by atoms with Crippen molar-refractivity contribution in [2.24, 2.45) is 5.73 Å². The zero-order valence-electron chi connectivity index (χ0n) is 12.1. The fourth-order valence-corrected chi connectivity index (χ4v) is 4.92. The van der Waals surface area contributed by atoms with E-state index in [2.05, 4.69) is 0 Å². The third kappa shape index (κ3) is 2.82. The summed E-state index contributed by atoms with van der Waals surface area (Å²) in [5, 5.41) is 0. The second-order valence-electron chi connectivity index (χ2n) is 5.51. The van der Waals surface area contributed by atoms with Gasteiger partial charge >= 0.3 is 0 Å². The first-order valence-corrected chi connectivity index (χ1v) is 8.45. The van der Waals surface area contributed by atoms with E-state index < -0.39 is 32.1 Å². The summed E-state index contributed by atoms with van der Waals surface area (Å²) < 4.78 is 54.6. The first-order valence-electron chi connectivity index (χ1n) is 7.01. The molecule has 0 aliphatic carbocycles. The van der Waals surface area contributed by atoms with E-state index in [0.29, 0.717) is 0 Å². The Balaban J connectivity index is 2.54. The summed E-state index contributed by atoms with van der Waals surface area (Å²) in [5.74, 6) is -1.91. The maximum absolute atomic E-state index is 14.3. The highest BCUT2D eigenvalue weighted by atomic mass is 32.2. The first-order chi connectivity index (χ1) is 9.80. The lowest BCUT2D eigenvalue weighted by atomic mass is 10.0. The lowest BCUT2D eigenvalue weighted by molar-refractivity contribution is 0.203. The molecule has 1 aliphatic heterocycles. The Bertz CT molecular complexity index is 624. The molecule has 1 aliphatic rings. The van der Waals surface area contributed by atoms with Crippen LogP contribution in [0.3, 0.4) is 0 Å². The molecule has 2 rings (SSSR count). The Labute approximate surface area is 124 Å². The Kier molecular flexibility index (Phi) is 4.65. The Morgan fingerprint density at radius 2 is 1.81 bits per heavy atom. The minimum atomic E-state index is -4.00. The van der Waals surface area contributed by atoms with Gasteiger partial charge in [0.25, 0.3) is 0 Å². The summed E-state index contributed by atoms with van der Waals surface area (Å²) in [5.41, 5.74) is 4.91. The van der Waals surface area contributed by atoms with Crippen LogP contribution in [0.2, 0.25) is 0 Å². The Morgan fingerprint density at radius 1 is 1.24 bits per heavy atom. The van der Waals surface area contributed by atoms with Crippen molar-refractivity contribution in [2.75, 3.05) is 0 Å². The smallest absolute Gasteiger partial charge is 0.246 e. The molecule has 1 aromatic rings. The van der Waals surface area contributed by atoms with Gasteiger partial charge in [0.2, 0.25) is 10.0 Å². The van der Waals surface area contributed by atoms with E-state index in [1.807, 2.05) is 0 Å². The highest BCUT2D eigenvalue weighted by Crippen LogP contribution is 2.31. The molecular weight excluding hydrogens is 298 g/mol. The highest BCUT2D eigenvalue weighted by Gasteiger charge is 2.37. The molecule has 1 saturated heterocycles. The lowest BCUT2D eigenvalue weighted by Gasteiger charge is -2.37. The van der Waals surface area contributed by atoms with Crippen LogP contribution >= 0.6 is 0 Å². The lowest BCUT2D eigenvalue weighted by Crippen LogP contribution is -2.47. The van der Waals surface area contributed by atoms with E-state index in [9.17, 15) is 17.2 Å². The average Bonchev–Trinajstić information content (AvgIpc) is 2.38. The molecule has 1 aromatic carbocycles. The van der Waals surface area contributed by atoms with Crippen molar-refractivity contribution < 1.29 is 17.2 Å². The van der Waals surface area contributed by atoms with Gasteiger partial charge in [0, 0.05) is 24.2 Å². The van der Waals surface area contributed by atoms with E-state index in [4.69, 9.17) is 5.73 Å². The molecule has 0 aromatic heterocycles. The second kappa shape index (κ2) is 5.98. The van der Waals surface area contributed by atoms with Crippen LogP contribution in [-0.4, -0.2) is 24.8 Å². The van der Waals surface area contributed by atoms with Gasteiger partial charge < -0.3 is 5.73 Å². The topological polar surface area (TPSA) is 63.4 Å². The van der Waals surface area contributed by atoms with Gasteiger partial charge in [-0.15, -0.1) is 0 Å². The molecule has 21 heavy (non-hydrogen) atoms. The third-order valence-electron chi connectivity index (χ3n) is 4.02. The number of rotatable bonds is 3. The Hall–Kier alpha value is -1.05. The summed E-state index contributed by atoms with van der Waals surface area (Å²) in [6.07, 6.45) is 2.40. The van der Waals surface area contributed by atoms with Crippen LogP contribution < -0.4 is 5.73 Å². The van der Waals surface area contributed by atoms with Gasteiger partial charge in [-0.25, -0.2) is 17.2 Å². The first kappa shape index (κ1) is 16.3. The molecule has 0 amide bonds. The van der Waals surface area contributed by atoms with Crippen LogP contribution in [0.1, 0.15) is 38.7 Å². The largest absolute Gasteiger partial charge is 0.326 e. The zero-order valence-corrected chi connectivity index (χ0v) is 13.0. The van der Waals surface area contributed by atoms with Gasteiger partial charge in [-0.3, -0.25) is 0 Å². The van der Waals surface area contributed by atoms with Crippen LogP contribution in [0.4, 0.5) is 8.78 Å². The van der Waals surface area contributed by atoms with Crippen molar-refractivity contribution in [2.45, 2.75) is 56.6 Å². The van der Waals surface area contributed by atoms with Crippen molar-refractivity contribution in [1.82, 2.24) is 4.31 Å². The average molecular weight is 318 g/mol. The highest BCUT2D eigenvalue weighted by molar-refractivity contribution is 7.89. The maximum atomic E-state index is 14.3. The predicted octanol–water partition coefficient (Wildman–Crippen LogP) is 2.38. The third-order valence-corrected chi connectivity index (χ3v) is 6.17. The number of sulfonamides is 1. The number of nitrogens with zero attached hydrogens (tertiary/aromatic N) is 1. The van der Waals surface area contributed by atoms with Crippen LogP contribution in [0.5, 0.6) is 0 Å². The molecule has 1 heterocycles. The predicted molar refractivity (Wildman–Crippen MR) is 76.0 cm³/mol. The van der Waals surface area contributed by atoms with Gasteiger partial charge in [-0.05, 0) is 38.8 Å². The van der Waals surface area contributed by atoms with Crippen molar-refractivity contribution in [3.8, 4) is 0 Å². The van der Waals surface area contributed by atoms with Crippen LogP contribution in [0.15, 0.2) is 17.0 Å². The molecule has 0 saturated carbocycles. The molecule has 4 nitrogen and oxygen atoms in total. The molecular formula is C14H20F2N2O2S. The van der Waals surface area contributed by atoms with Gasteiger partial charge in [0.05, 0.1) is 0 Å². The van der Waals surface area contributed by atoms with Gasteiger partial charge in [0.1, 0.15) is 10.7 Å². The fraction of sp³-hybridized carbons (Fsp3) is 0.571. The minimum absolute atomic E-state index is 0.204. The summed E-state index contributed by atoms with van der Waals surface area (Å²) in [6.45, 7) is 3.23. The van der Waals surface area contributed by atoms with E-state index in [1.165, 1.54) is 4.31 Å². The Morgan fingerprint density at radius 3 is 2.33 bits per heavy atom. The van der Waals surface area contributed by atoms with Crippen LogP contribution in [-0.2, 0) is 16.6 Å². The minimum Gasteiger partial charge on any atom is -0.326 e. The number of halogens is 2. The molecule has 2 N–H and O–H groups in total. The number of piperidine rings is 1. The molecule has 1 fully saturated rings. The monoisotopic (exact) mass is 318 g/mol. The summed E-state index contributed by atoms with van der Waals surface area (Å²) >= 11 is 0. The standard InChI is InChI=1S/C14H20F2N2O2S/c1-9-4-3-5-10(2)18(9)21(19,20)13-7-6-12(15)11(8-17)14(13)16/h6-7,9-10H,3-5,8,17H2,1-2H3. The zero-order chi connectivity index (χ0) is 15.8. The van der Waals surface area contributed by atoms with Gasteiger partial charge in [0.15, 0.2) is 5.82 Å². The summed E-state index contributed by atoms with van der Waals surface area (Å²) in [4.78, 5) is -0.495. The second-order valence-corrected chi connectivity index (χ2v) is 7.32. The van der Waals surface area contributed by atoms with Crippen molar-refractivity contribution in [3.05, 3.63) is 29.3 Å². The molecule has 118 valence electrons. The van der Waals surface area contributed by atoms with Crippen molar-refractivity contribution >= 4 is 10.0 Å². The van der Waals surface area contributed by atoms with Crippen molar-refractivity contribution in [3.63, 3.8) is 0 Å². The number of benzene rings is 1. The quantitative estimate of drug-likeness (QED) is 0.930. The summed E-state index contributed by atoms with van der Waals surface area (Å²) in [7, 11) is -4.00. The van der Waals surface area contributed by atoms with E-state index in [1.54, 1.807) is 13.8 Å². The SMILES string of the molecule is CC1CCCC(C)N1S(=O)(=O)c1ccc(F)c(CN)c1F. The molecule has 2 unspecified atom stereocenters. The number of nitrogens with two attached hydrogens (primary N) is 1. The molecule has 0 spiro atoms. The fourth-order valence-electron chi connectivity index (χ4n) is 2.95. The van der Waals surface area contributed by atoms with Gasteiger partial charge in [-0.1, -0.05) is 6.42 Å². The molecule has 7 heteroatoms. The normalized spacial score (nSPS) is 24.2. The number of hydrogen-bond donors (Lipinski definition) is 1. The van der Waals surface area contributed by atoms with Crippen LogP contribution in [0.25, 0.3) is 0 Å². The van der Waals surface area contributed by atoms with E-state index in [0.717, 1.165) is 31.4 Å². The molecule has 0 radical (unpaired) electrons. The number of hydrogen-bond acceptors (Lipinski definition) is 3. The van der Waals surface area contributed by atoms with Crippen LogP contribution in [0, 0.1) is 11.6 Å².